The lowest BCUT2D eigenvalue weighted by Gasteiger charge is -2.11. The van der Waals surface area contributed by atoms with Gasteiger partial charge in [0, 0.05) is 6.04 Å². The molecule has 0 saturated heterocycles. The highest BCUT2D eigenvalue weighted by Gasteiger charge is 2.04. The molecule has 0 aliphatic heterocycles. The number of nitrogens with two attached hydrogens (primary N) is 1. The molecule has 0 aliphatic rings. The van der Waals surface area contributed by atoms with E-state index in [0.29, 0.717) is 11.1 Å². The SMILES string of the molecule is CCC(N)c1ccc(OCc2ccc(F)c(Br)c2)cc1. The van der Waals surface area contributed by atoms with Gasteiger partial charge in [-0.15, -0.1) is 0 Å². The Hall–Kier alpha value is -1.39. The minimum atomic E-state index is -0.272. The van der Waals surface area contributed by atoms with Gasteiger partial charge in [0.25, 0.3) is 0 Å². The molecule has 2 nitrogen and oxygen atoms in total. The maximum atomic E-state index is 13.1. The van der Waals surface area contributed by atoms with E-state index < -0.39 is 0 Å². The summed E-state index contributed by atoms with van der Waals surface area (Å²) < 4.78 is 19.2. The highest BCUT2D eigenvalue weighted by molar-refractivity contribution is 9.10. The Morgan fingerprint density at radius 2 is 1.90 bits per heavy atom. The van der Waals surface area contributed by atoms with Crippen molar-refractivity contribution < 1.29 is 9.13 Å². The zero-order valence-electron chi connectivity index (χ0n) is 11.3. The van der Waals surface area contributed by atoms with E-state index in [-0.39, 0.29) is 11.9 Å². The highest BCUT2D eigenvalue weighted by Crippen LogP contribution is 2.21. The van der Waals surface area contributed by atoms with Crippen LogP contribution in [0.1, 0.15) is 30.5 Å². The van der Waals surface area contributed by atoms with Crippen LogP contribution in [-0.2, 0) is 6.61 Å². The lowest BCUT2D eigenvalue weighted by molar-refractivity contribution is 0.306. The molecule has 0 saturated carbocycles. The number of ether oxygens (including phenoxy) is 1. The van der Waals surface area contributed by atoms with Crippen LogP contribution in [0.15, 0.2) is 46.9 Å². The number of hydrogen-bond donors (Lipinski definition) is 1. The van der Waals surface area contributed by atoms with Crippen molar-refractivity contribution >= 4 is 15.9 Å². The molecule has 0 aromatic heterocycles. The fraction of sp³-hybridized carbons (Fsp3) is 0.250. The molecule has 106 valence electrons. The molecule has 0 fully saturated rings. The van der Waals surface area contributed by atoms with Gasteiger partial charge in [0.15, 0.2) is 0 Å². The summed E-state index contributed by atoms with van der Waals surface area (Å²) in [4.78, 5) is 0. The van der Waals surface area contributed by atoms with Crippen LogP contribution < -0.4 is 10.5 Å². The summed E-state index contributed by atoms with van der Waals surface area (Å²) in [6.45, 7) is 2.46. The van der Waals surface area contributed by atoms with Crippen molar-refractivity contribution in [3.63, 3.8) is 0 Å². The van der Waals surface area contributed by atoms with Gasteiger partial charge in [0.1, 0.15) is 18.2 Å². The zero-order chi connectivity index (χ0) is 14.5. The molecule has 0 amide bonds. The summed E-state index contributed by atoms with van der Waals surface area (Å²) in [5, 5.41) is 0. The molecule has 0 heterocycles. The summed E-state index contributed by atoms with van der Waals surface area (Å²) in [6, 6.07) is 12.7. The maximum absolute atomic E-state index is 13.1. The molecular formula is C16H17BrFNO. The molecule has 0 aliphatic carbocycles. The van der Waals surface area contributed by atoms with E-state index in [4.69, 9.17) is 10.5 Å². The van der Waals surface area contributed by atoms with Gasteiger partial charge in [-0.3, -0.25) is 0 Å². The van der Waals surface area contributed by atoms with Gasteiger partial charge in [0.05, 0.1) is 4.47 Å². The van der Waals surface area contributed by atoms with Crippen LogP contribution in [-0.4, -0.2) is 0 Å². The van der Waals surface area contributed by atoms with Crippen LogP contribution in [0.5, 0.6) is 5.75 Å². The summed E-state index contributed by atoms with van der Waals surface area (Å²) in [5.41, 5.74) is 7.97. The Labute approximate surface area is 126 Å². The second-order valence-corrected chi connectivity index (χ2v) is 5.48. The zero-order valence-corrected chi connectivity index (χ0v) is 12.9. The van der Waals surface area contributed by atoms with Gasteiger partial charge in [-0.05, 0) is 57.7 Å². The molecule has 2 rings (SSSR count). The molecule has 2 aromatic carbocycles. The number of halogens is 2. The van der Waals surface area contributed by atoms with Crippen molar-refractivity contribution in [1.29, 1.82) is 0 Å². The van der Waals surface area contributed by atoms with E-state index in [1.54, 1.807) is 12.1 Å². The Morgan fingerprint density at radius 3 is 2.50 bits per heavy atom. The van der Waals surface area contributed by atoms with E-state index in [9.17, 15) is 4.39 Å². The molecule has 0 radical (unpaired) electrons. The monoisotopic (exact) mass is 337 g/mol. The van der Waals surface area contributed by atoms with E-state index in [1.807, 2.05) is 24.3 Å². The average molecular weight is 338 g/mol. The van der Waals surface area contributed by atoms with Gasteiger partial charge in [-0.1, -0.05) is 25.1 Å². The maximum Gasteiger partial charge on any atom is 0.137 e. The van der Waals surface area contributed by atoms with Crippen molar-refractivity contribution in [1.82, 2.24) is 0 Å². The number of hydrogen-bond acceptors (Lipinski definition) is 2. The third-order valence-electron chi connectivity index (χ3n) is 3.14. The van der Waals surface area contributed by atoms with Crippen molar-refractivity contribution in [2.75, 3.05) is 0 Å². The summed E-state index contributed by atoms with van der Waals surface area (Å²) in [6.07, 6.45) is 0.907. The van der Waals surface area contributed by atoms with Crippen LogP contribution in [0.4, 0.5) is 4.39 Å². The fourth-order valence-electron chi connectivity index (χ4n) is 1.84. The highest BCUT2D eigenvalue weighted by atomic mass is 79.9. The van der Waals surface area contributed by atoms with Crippen molar-refractivity contribution in [2.24, 2.45) is 5.73 Å². The molecule has 0 bridgehead atoms. The van der Waals surface area contributed by atoms with E-state index in [1.165, 1.54) is 6.07 Å². The molecule has 1 unspecified atom stereocenters. The number of rotatable bonds is 5. The van der Waals surface area contributed by atoms with Crippen LogP contribution in [0.25, 0.3) is 0 Å². The summed E-state index contributed by atoms with van der Waals surface area (Å²) in [7, 11) is 0. The molecule has 4 heteroatoms. The second kappa shape index (κ2) is 6.86. The largest absolute Gasteiger partial charge is 0.489 e. The molecule has 1 atom stereocenters. The third kappa shape index (κ3) is 3.81. The first kappa shape index (κ1) is 15.0. The van der Waals surface area contributed by atoms with Crippen molar-refractivity contribution in [3.8, 4) is 5.75 Å². The van der Waals surface area contributed by atoms with Crippen LogP contribution in [0.2, 0.25) is 0 Å². The Morgan fingerprint density at radius 1 is 1.20 bits per heavy atom. The first-order valence-electron chi connectivity index (χ1n) is 6.52. The van der Waals surface area contributed by atoms with Crippen LogP contribution in [0, 0.1) is 5.82 Å². The Bertz CT molecular complexity index is 571. The van der Waals surface area contributed by atoms with Gasteiger partial charge in [-0.2, -0.15) is 0 Å². The van der Waals surface area contributed by atoms with Gasteiger partial charge in [-0.25, -0.2) is 4.39 Å². The molecular weight excluding hydrogens is 321 g/mol. The van der Waals surface area contributed by atoms with Crippen LogP contribution >= 0.6 is 15.9 Å². The van der Waals surface area contributed by atoms with Gasteiger partial charge in [0.2, 0.25) is 0 Å². The summed E-state index contributed by atoms with van der Waals surface area (Å²) in [5.74, 6) is 0.504. The minimum absolute atomic E-state index is 0.0668. The van der Waals surface area contributed by atoms with Gasteiger partial charge >= 0.3 is 0 Å². The molecule has 2 aromatic rings. The third-order valence-corrected chi connectivity index (χ3v) is 3.75. The Balaban J connectivity index is 1.98. The summed E-state index contributed by atoms with van der Waals surface area (Å²) >= 11 is 3.16. The van der Waals surface area contributed by atoms with Crippen molar-refractivity contribution in [2.45, 2.75) is 26.0 Å². The van der Waals surface area contributed by atoms with Crippen LogP contribution in [0.3, 0.4) is 0 Å². The standard InChI is InChI=1S/C16H17BrFNO/c1-2-16(19)12-4-6-13(7-5-12)20-10-11-3-8-15(18)14(17)9-11/h3-9,16H,2,10,19H2,1H3. The second-order valence-electron chi connectivity index (χ2n) is 4.62. The van der Waals surface area contributed by atoms with E-state index in [2.05, 4.69) is 22.9 Å². The van der Waals surface area contributed by atoms with E-state index in [0.717, 1.165) is 23.3 Å². The molecule has 2 N–H and O–H groups in total. The molecule has 0 spiro atoms. The normalized spacial score (nSPS) is 12.2. The predicted octanol–water partition coefficient (Wildman–Crippen LogP) is 4.58. The lowest BCUT2D eigenvalue weighted by atomic mass is 10.1. The quantitative estimate of drug-likeness (QED) is 0.866. The first-order chi connectivity index (χ1) is 9.60. The lowest BCUT2D eigenvalue weighted by Crippen LogP contribution is -2.08. The average Bonchev–Trinajstić information content (AvgIpc) is 2.48. The Kier molecular flexibility index (Phi) is 5.15. The fourth-order valence-corrected chi connectivity index (χ4v) is 2.27. The topological polar surface area (TPSA) is 35.2 Å². The minimum Gasteiger partial charge on any atom is -0.489 e. The smallest absolute Gasteiger partial charge is 0.137 e. The van der Waals surface area contributed by atoms with Gasteiger partial charge < -0.3 is 10.5 Å². The molecule has 20 heavy (non-hydrogen) atoms. The number of benzene rings is 2. The predicted molar refractivity (Wildman–Crippen MR) is 82.1 cm³/mol. The van der Waals surface area contributed by atoms with Crippen molar-refractivity contribution in [3.05, 3.63) is 63.9 Å². The van der Waals surface area contributed by atoms with E-state index >= 15 is 0 Å². The first-order valence-corrected chi connectivity index (χ1v) is 7.31.